The molecule has 0 aromatic heterocycles. The molecule has 0 aliphatic heterocycles. The normalized spacial score (nSPS) is 18.9. The molecule has 1 aliphatic carbocycles. The molecule has 20 heavy (non-hydrogen) atoms. The third kappa shape index (κ3) is 5.07. The second kappa shape index (κ2) is 7.12. The van der Waals surface area contributed by atoms with Crippen LogP contribution in [0.2, 0.25) is 0 Å². The van der Waals surface area contributed by atoms with E-state index in [-0.39, 0.29) is 11.8 Å². The number of urea groups is 1. The van der Waals surface area contributed by atoms with Crippen molar-refractivity contribution in [1.29, 1.82) is 0 Å². The highest BCUT2D eigenvalue weighted by Gasteiger charge is 2.34. The molecule has 0 bridgehead atoms. The van der Waals surface area contributed by atoms with Gasteiger partial charge in [-0.15, -0.1) is 0 Å². The molecule has 1 aliphatic rings. The highest BCUT2D eigenvalue weighted by atomic mass is 16.4. The summed E-state index contributed by atoms with van der Waals surface area (Å²) in [6.45, 7) is 1.80. The van der Waals surface area contributed by atoms with Crippen molar-refractivity contribution >= 4 is 17.9 Å². The van der Waals surface area contributed by atoms with Gasteiger partial charge in [-0.05, 0) is 25.2 Å². The number of hydrogen-bond donors (Lipinski definition) is 4. The molecule has 114 valence electrons. The lowest BCUT2D eigenvalue weighted by molar-refractivity contribution is -0.140. The molecule has 1 saturated carbocycles. The molecule has 0 aromatic rings. The summed E-state index contributed by atoms with van der Waals surface area (Å²) in [5.41, 5.74) is 4.68. The van der Waals surface area contributed by atoms with E-state index in [1.807, 2.05) is 0 Å². The summed E-state index contributed by atoms with van der Waals surface area (Å²) >= 11 is 0. The highest BCUT2D eigenvalue weighted by Crippen LogP contribution is 2.38. The zero-order chi connectivity index (χ0) is 15.2. The number of carboxylic acid groups (broad SMARTS) is 1. The van der Waals surface area contributed by atoms with E-state index in [1.165, 1.54) is 6.92 Å². The third-order valence-electron chi connectivity index (χ3n) is 3.84. The van der Waals surface area contributed by atoms with Gasteiger partial charge in [0.25, 0.3) is 0 Å². The molecule has 0 saturated heterocycles. The minimum absolute atomic E-state index is 0.0542. The predicted molar refractivity (Wildman–Crippen MR) is 73.0 cm³/mol. The van der Waals surface area contributed by atoms with E-state index < -0.39 is 23.9 Å². The standard InChI is InChI=1S/C13H23N3O4/c1-9(11(14)19)16-12(20)15-8-13(7-10(17)18)5-3-2-4-6-13/h9H,2-8H2,1H3,(H2,14,19)(H,17,18)(H2,15,16,20). The number of rotatable bonds is 6. The molecule has 1 atom stereocenters. The van der Waals surface area contributed by atoms with Crippen molar-refractivity contribution in [3.05, 3.63) is 0 Å². The summed E-state index contributed by atoms with van der Waals surface area (Å²) in [5.74, 6) is -1.46. The molecule has 0 spiro atoms. The van der Waals surface area contributed by atoms with Crippen molar-refractivity contribution in [2.24, 2.45) is 11.1 Å². The first-order chi connectivity index (χ1) is 9.34. The van der Waals surface area contributed by atoms with Gasteiger partial charge in [-0.1, -0.05) is 19.3 Å². The lowest BCUT2D eigenvalue weighted by Gasteiger charge is -2.36. The first-order valence-electron chi connectivity index (χ1n) is 6.90. The number of primary amides is 1. The quantitative estimate of drug-likeness (QED) is 0.570. The van der Waals surface area contributed by atoms with Crippen LogP contribution in [0, 0.1) is 5.41 Å². The van der Waals surface area contributed by atoms with Gasteiger partial charge in [0, 0.05) is 6.54 Å². The molecule has 0 heterocycles. The highest BCUT2D eigenvalue weighted by molar-refractivity contribution is 5.85. The van der Waals surface area contributed by atoms with Crippen molar-refractivity contribution < 1.29 is 19.5 Å². The van der Waals surface area contributed by atoms with Crippen LogP contribution in [0.15, 0.2) is 0 Å². The summed E-state index contributed by atoms with van der Waals surface area (Å²) in [5, 5.41) is 14.1. The molecule has 7 heteroatoms. The Labute approximate surface area is 118 Å². The minimum atomic E-state index is -0.848. The Morgan fingerprint density at radius 1 is 1.25 bits per heavy atom. The lowest BCUT2D eigenvalue weighted by Crippen LogP contribution is -2.49. The molecule has 1 fully saturated rings. The molecular weight excluding hydrogens is 262 g/mol. The maximum Gasteiger partial charge on any atom is 0.315 e. The van der Waals surface area contributed by atoms with E-state index in [2.05, 4.69) is 10.6 Å². The van der Waals surface area contributed by atoms with Gasteiger partial charge in [-0.3, -0.25) is 9.59 Å². The van der Waals surface area contributed by atoms with Crippen LogP contribution < -0.4 is 16.4 Å². The second-order valence-electron chi connectivity index (χ2n) is 5.58. The van der Waals surface area contributed by atoms with Crippen LogP contribution in [0.3, 0.4) is 0 Å². The largest absolute Gasteiger partial charge is 0.481 e. The Hall–Kier alpha value is -1.79. The number of nitrogens with two attached hydrogens (primary N) is 1. The fourth-order valence-electron chi connectivity index (χ4n) is 2.63. The van der Waals surface area contributed by atoms with Gasteiger partial charge in [-0.25, -0.2) is 4.79 Å². The fraction of sp³-hybridized carbons (Fsp3) is 0.769. The molecule has 0 aromatic carbocycles. The summed E-state index contributed by atoms with van der Waals surface area (Å²) in [7, 11) is 0. The topological polar surface area (TPSA) is 122 Å². The van der Waals surface area contributed by atoms with Crippen LogP contribution in [-0.2, 0) is 9.59 Å². The zero-order valence-electron chi connectivity index (χ0n) is 11.8. The van der Waals surface area contributed by atoms with Gasteiger partial charge in [0.1, 0.15) is 6.04 Å². The van der Waals surface area contributed by atoms with Crippen LogP contribution >= 0.6 is 0 Å². The summed E-state index contributed by atoms with van der Waals surface area (Å²) in [6.07, 6.45) is 4.71. The third-order valence-corrected chi connectivity index (χ3v) is 3.84. The van der Waals surface area contributed by atoms with Gasteiger partial charge < -0.3 is 21.5 Å². The van der Waals surface area contributed by atoms with Gasteiger partial charge in [-0.2, -0.15) is 0 Å². The molecule has 7 nitrogen and oxygen atoms in total. The number of aliphatic carboxylic acids is 1. The number of hydrogen-bond acceptors (Lipinski definition) is 3. The Morgan fingerprint density at radius 3 is 2.35 bits per heavy atom. The van der Waals surface area contributed by atoms with E-state index in [0.717, 1.165) is 32.1 Å². The molecule has 0 radical (unpaired) electrons. The van der Waals surface area contributed by atoms with Gasteiger partial charge >= 0.3 is 12.0 Å². The van der Waals surface area contributed by atoms with Gasteiger partial charge in [0.2, 0.25) is 5.91 Å². The molecule has 5 N–H and O–H groups in total. The van der Waals surface area contributed by atoms with Crippen LogP contribution in [-0.4, -0.2) is 35.6 Å². The van der Waals surface area contributed by atoms with Crippen molar-refractivity contribution in [3.63, 3.8) is 0 Å². The van der Waals surface area contributed by atoms with Crippen molar-refractivity contribution in [2.45, 2.75) is 51.5 Å². The maximum atomic E-state index is 11.7. The summed E-state index contributed by atoms with van der Waals surface area (Å²) in [6, 6.07) is -1.25. The van der Waals surface area contributed by atoms with E-state index in [4.69, 9.17) is 10.8 Å². The van der Waals surface area contributed by atoms with Crippen molar-refractivity contribution in [3.8, 4) is 0 Å². The van der Waals surface area contributed by atoms with Crippen LogP contribution in [0.4, 0.5) is 4.79 Å². The zero-order valence-corrected chi connectivity index (χ0v) is 11.8. The van der Waals surface area contributed by atoms with Crippen LogP contribution in [0.25, 0.3) is 0 Å². The molecule has 1 rings (SSSR count). The van der Waals surface area contributed by atoms with Crippen LogP contribution in [0.1, 0.15) is 45.4 Å². The van der Waals surface area contributed by atoms with Crippen molar-refractivity contribution in [1.82, 2.24) is 10.6 Å². The predicted octanol–water partition coefficient (Wildman–Crippen LogP) is 0.585. The smallest absolute Gasteiger partial charge is 0.315 e. The Morgan fingerprint density at radius 2 is 1.85 bits per heavy atom. The number of amides is 3. The lowest BCUT2D eigenvalue weighted by atomic mass is 9.72. The van der Waals surface area contributed by atoms with Crippen molar-refractivity contribution in [2.75, 3.05) is 6.54 Å². The Balaban J connectivity index is 2.51. The first-order valence-corrected chi connectivity index (χ1v) is 6.90. The average molecular weight is 285 g/mol. The van der Waals surface area contributed by atoms with Gasteiger partial charge in [0.15, 0.2) is 0 Å². The van der Waals surface area contributed by atoms with E-state index in [9.17, 15) is 14.4 Å². The minimum Gasteiger partial charge on any atom is -0.481 e. The molecule has 3 amide bonds. The number of carboxylic acids is 1. The fourth-order valence-corrected chi connectivity index (χ4v) is 2.63. The summed E-state index contributed by atoms with van der Waals surface area (Å²) < 4.78 is 0. The van der Waals surface area contributed by atoms with E-state index in [1.54, 1.807) is 0 Å². The summed E-state index contributed by atoms with van der Waals surface area (Å²) in [4.78, 5) is 33.5. The molecule has 1 unspecified atom stereocenters. The average Bonchev–Trinajstić information content (AvgIpc) is 2.36. The van der Waals surface area contributed by atoms with E-state index in [0.29, 0.717) is 6.54 Å². The van der Waals surface area contributed by atoms with Crippen LogP contribution in [0.5, 0.6) is 0 Å². The second-order valence-corrected chi connectivity index (χ2v) is 5.58. The van der Waals surface area contributed by atoms with Gasteiger partial charge in [0.05, 0.1) is 6.42 Å². The monoisotopic (exact) mass is 285 g/mol. The number of carbonyl (C=O) groups excluding carboxylic acids is 2. The van der Waals surface area contributed by atoms with E-state index >= 15 is 0 Å². The number of nitrogens with one attached hydrogen (secondary N) is 2. The number of carbonyl (C=O) groups is 3. The molecular formula is C13H23N3O4. The first kappa shape index (κ1) is 16.3. The Bertz CT molecular complexity index is 378. The Kier molecular flexibility index (Phi) is 5.79. The SMILES string of the molecule is CC(NC(=O)NCC1(CC(=O)O)CCCCC1)C(N)=O. The maximum absolute atomic E-state index is 11.7.